The van der Waals surface area contributed by atoms with Crippen molar-refractivity contribution >= 4 is 11.7 Å². The first-order valence-electron chi connectivity index (χ1n) is 3.98. The number of nitrogens with zero attached hydrogens (tertiary/aromatic N) is 1. The molecule has 0 saturated heterocycles. The SMILES string of the molecule is CCNc1cc(C(=O)NN)ccn1. The fourth-order valence-electron chi connectivity index (χ4n) is 0.933. The highest BCUT2D eigenvalue weighted by atomic mass is 16.2. The Hall–Kier alpha value is -1.62. The van der Waals surface area contributed by atoms with Crippen molar-refractivity contribution in [3.8, 4) is 0 Å². The van der Waals surface area contributed by atoms with Crippen LogP contribution in [0.25, 0.3) is 0 Å². The van der Waals surface area contributed by atoms with Crippen molar-refractivity contribution in [3.05, 3.63) is 23.9 Å². The van der Waals surface area contributed by atoms with Crippen molar-refractivity contribution in [2.45, 2.75) is 6.92 Å². The Morgan fingerprint density at radius 3 is 3.08 bits per heavy atom. The summed E-state index contributed by atoms with van der Waals surface area (Å²) < 4.78 is 0. The fourth-order valence-corrected chi connectivity index (χ4v) is 0.933. The molecule has 1 aromatic heterocycles. The van der Waals surface area contributed by atoms with E-state index in [9.17, 15) is 4.79 Å². The molecule has 13 heavy (non-hydrogen) atoms. The highest BCUT2D eigenvalue weighted by Gasteiger charge is 2.03. The van der Waals surface area contributed by atoms with Crippen molar-refractivity contribution in [1.82, 2.24) is 10.4 Å². The molecule has 0 aromatic carbocycles. The number of pyridine rings is 1. The smallest absolute Gasteiger partial charge is 0.265 e. The highest BCUT2D eigenvalue weighted by Crippen LogP contribution is 2.05. The highest BCUT2D eigenvalue weighted by molar-refractivity contribution is 5.94. The summed E-state index contributed by atoms with van der Waals surface area (Å²) in [5.41, 5.74) is 2.55. The largest absolute Gasteiger partial charge is 0.370 e. The number of rotatable bonds is 3. The van der Waals surface area contributed by atoms with Gasteiger partial charge in [0.15, 0.2) is 0 Å². The molecule has 1 heterocycles. The quantitative estimate of drug-likeness (QED) is 0.350. The van der Waals surface area contributed by atoms with Gasteiger partial charge in [0.05, 0.1) is 0 Å². The maximum absolute atomic E-state index is 11.1. The molecular weight excluding hydrogens is 168 g/mol. The first kappa shape index (κ1) is 9.47. The zero-order valence-electron chi connectivity index (χ0n) is 7.37. The summed E-state index contributed by atoms with van der Waals surface area (Å²) in [5, 5.41) is 2.99. The number of nitrogens with one attached hydrogen (secondary N) is 2. The van der Waals surface area contributed by atoms with Crippen molar-refractivity contribution in [2.24, 2.45) is 5.84 Å². The van der Waals surface area contributed by atoms with Gasteiger partial charge >= 0.3 is 0 Å². The van der Waals surface area contributed by atoms with E-state index >= 15 is 0 Å². The zero-order valence-corrected chi connectivity index (χ0v) is 7.37. The first-order chi connectivity index (χ1) is 6.27. The number of nitrogens with two attached hydrogens (primary N) is 1. The minimum absolute atomic E-state index is 0.318. The second kappa shape index (κ2) is 4.42. The molecule has 0 aliphatic rings. The molecule has 0 atom stereocenters. The van der Waals surface area contributed by atoms with E-state index in [0.717, 1.165) is 6.54 Å². The number of hydrogen-bond donors (Lipinski definition) is 3. The number of anilines is 1. The molecule has 1 amide bonds. The molecule has 1 aromatic rings. The Bertz CT molecular complexity index is 300. The van der Waals surface area contributed by atoms with Crippen molar-refractivity contribution in [2.75, 3.05) is 11.9 Å². The van der Waals surface area contributed by atoms with Crippen molar-refractivity contribution in [3.63, 3.8) is 0 Å². The molecular formula is C8H12N4O. The van der Waals surface area contributed by atoms with E-state index in [0.29, 0.717) is 11.4 Å². The molecule has 0 aliphatic heterocycles. The summed E-state index contributed by atoms with van der Waals surface area (Å²) in [7, 11) is 0. The van der Waals surface area contributed by atoms with Gasteiger partial charge < -0.3 is 5.32 Å². The van der Waals surface area contributed by atoms with Crippen LogP contribution in [0.3, 0.4) is 0 Å². The number of hydrazine groups is 1. The van der Waals surface area contributed by atoms with Gasteiger partial charge in [-0.1, -0.05) is 0 Å². The van der Waals surface area contributed by atoms with Gasteiger partial charge in [0.1, 0.15) is 5.82 Å². The summed E-state index contributed by atoms with van der Waals surface area (Å²) in [4.78, 5) is 15.1. The molecule has 70 valence electrons. The van der Waals surface area contributed by atoms with E-state index in [1.54, 1.807) is 18.3 Å². The topological polar surface area (TPSA) is 80.0 Å². The van der Waals surface area contributed by atoms with Gasteiger partial charge in [-0.15, -0.1) is 0 Å². The fraction of sp³-hybridized carbons (Fsp3) is 0.250. The van der Waals surface area contributed by atoms with E-state index in [4.69, 9.17) is 5.84 Å². The number of amides is 1. The summed E-state index contributed by atoms with van der Waals surface area (Å²) in [6, 6.07) is 3.24. The van der Waals surface area contributed by atoms with E-state index in [1.165, 1.54) is 0 Å². The molecule has 0 aliphatic carbocycles. The Morgan fingerprint density at radius 1 is 1.69 bits per heavy atom. The zero-order chi connectivity index (χ0) is 9.68. The third-order valence-corrected chi connectivity index (χ3v) is 1.51. The second-order valence-electron chi connectivity index (χ2n) is 2.43. The van der Waals surface area contributed by atoms with Crippen LogP contribution in [0.5, 0.6) is 0 Å². The van der Waals surface area contributed by atoms with Crippen LogP contribution in [-0.4, -0.2) is 17.4 Å². The van der Waals surface area contributed by atoms with Crippen LogP contribution in [0.2, 0.25) is 0 Å². The average Bonchev–Trinajstić information content (AvgIpc) is 2.18. The van der Waals surface area contributed by atoms with Gasteiger partial charge in [-0.25, -0.2) is 10.8 Å². The van der Waals surface area contributed by atoms with Crippen LogP contribution < -0.4 is 16.6 Å². The average molecular weight is 180 g/mol. The third-order valence-electron chi connectivity index (χ3n) is 1.51. The molecule has 0 bridgehead atoms. The lowest BCUT2D eigenvalue weighted by Crippen LogP contribution is -2.30. The molecule has 0 spiro atoms. The van der Waals surface area contributed by atoms with Crippen LogP contribution in [0.15, 0.2) is 18.3 Å². The van der Waals surface area contributed by atoms with Crippen LogP contribution in [0.4, 0.5) is 5.82 Å². The van der Waals surface area contributed by atoms with Gasteiger partial charge in [-0.05, 0) is 19.1 Å². The number of nitrogen functional groups attached to an aromatic ring is 1. The predicted octanol–water partition coefficient (Wildman–Crippen LogP) is 0.117. The van der Waals surface area contributed by atoms with Gasteiger partial charge in [-0.2, -0.15) is 0 Å². The third kappa shape index (κ3) is 2.41. The minimum atomic E-state index is -0.318. The predicted molar refractivity (Wildman–Crippen MR) is 50.1 cm³/mol. The van der Waals surface area contributed by atoms with E-state index in [-0.39, 0.29) is 5.91 Å². The van der Waals surface area contributed by atoms with Gasteiger partial charge in [-0.3, -0.25) is 10.2 Å². The minimum Gasteiger partial charge on any atom is -0.370 e. The van der Waals surface area contributed by atoms with Crippen LogP contribution in [0.1, 0.15) is 17.3 Å². The Balaban J connectivity index is 2.85. The lowest BCUT2D eigenvalue weighted by molar-refractivity contribution is 0.0953. The van der Waals surface area contributed by atoms with E-state index in [1.807, 2.05) is 6.92 Å². The Morgan fingerprint density at radius 2 is 2.46 bits per heavy atom. The monoisotopic (exact) mass is 180 g/mol. The molecule has 0 fully saturated rings. The number of carbonyl (C=O) groups is 1. The maximum Gasteiger partial charge on any atom is 0.265 e. The summed E-state index contributed by atoms with van der Waals surface area (Å²) in [6.45, 7) is 2.72. The lowest BCUT2D eigenvalue weighted by Gasteiger charge is -2.03. The van der Waals surface area contributed by atoms with Crippen LogP contribution >= 0.6 is 0 Å². The maximum atomic E-state index is 11.1. The van der Waals surface area contributed by atoms with Gasteiger partial charge in [0.2, 0.25) is 0 Å². The molecule has 1 rings (SSSR count). The van der Waals surface area contributed by atoms with E-state index < -0.39 is 0 Å². The normalized spacial score (nSPS) is 9.38. The molecule has 0 radical (unpaired) electrons. The summed E-state index contributed by atoms with van der Waals surface area (Å²) >= 11 is 0. The van der Waals surface area contributed by atoms with Crippen molar-refractivity contribution in [1.29, 1.82) is 0 Å². The Kier molecular flexibility index (Phi) is 3.22. The standard InChI is InChI=1S/C8H12N4O/c1-2-10-7-5-6(3-4-11-7)8(13)12-9/h3-5H,2,9H2,1H3,(H,10,11)(H,12,13). The molecule has 5 heteroatoms. The number of aromatic nitrogens is 1. The van der Waals surface area contributed by atoms with Crippen LogP contribution in [-0.2, 0) is 0 Å². The number of carbonyl (C=O) groups excluding carboxylic acids is 1. The van der Waals surface area contributed by atoms with Crippen molar-refractivity contribution < 1.29 is 4.79 Å². The van der Waals surface area contributed by atoms with Gasteiger partial charge in [0, 0.05) is 18.3 Å². The van der Waals surface area contributed by atoms with E-state index in [2.05, 4.69) is 15.7 Å². The summed E-state index contributed by atoms with van der Waals surface area (Å²) in [6.07, 6.45) is 1.56. The first-order valence-corrected chi connectivity index (χ1v) is 3.98. The summed E-state index contributed by atoms with van der Waals surface area (Å²) in [5.74, 6) is 5.34. The Labute approximate surface area is 76.3 Å². The lowest BCUT2D eigenvalue weighted by atomic mass is 10.2. The molecule has 5 nitrogen and oxygen atoms in total. The molecule has 4 N–H and O–H groups in total. The molecule has 0 unspecified atom stereocenters. The second-order valence-corrected chi connectivity index (χ2v) is 2.43. The molecule has 0 saturated carbocycles. The van der Waals surface area contributed by atoms with Crippen LogP contribution in [0, 0.1) is 0 Å². The number of hydrogen-bond acceptors (Lipinski definition) is 4. The van der Waals surface area contributed by atoms with Gasteiger partial charge in [0.25, 0.3) is 5.91 Å².